The van der Waals surface area contributed by atoms with E-state index in [-0.39, 0.29) is 11.6 Å². The molecule has 22 aromatic rings. The highest BCUT2D eigenvalue weighted by molar-refractivity contribution is 6.35. The Morgan fingerprint density at radius 1 is 0.159 bits per heavy atom. The first-order valence-corrected chi connectivity index (χ1v) is 43.4. The van der Waals surface area contributed by atoms with Gasteiger partial charge in [0.15, 0.2) is 0 Å². The summed E-state index contributed by atoms with van der Waals surface area (Å²) in [5, 5.41) is 18.4. The maximum atomic E-state index is 15.3. The van der Waals surface area contributed by atoms with Crippen molar-refractivity contribution in [2.24, 2.45) is 0 Å². The standard InChI is InChI=1S/C64H48N2.C56H42F2N2/c1-41-19-27-47(28-20-41)65(48-29-21-42(2)22-30-48)61-39-59(53-17-9-13-45-11-5-7-15-51(45)53)55-36-38-58-62(66(49-31-23-43(3)24-32-49)50-33-25-44(4)26-34-50)40-60(56-35-37-57(61)63(55)64(56)58)54-18-10-14-46-12-6-8-16-52(46)54;1-35-11-19-43(20-12-35)59(44-21-13-36(2)14-22-44)53-29-27-47-50(40-8-6-10-42(58)32-40)34-52-54(60(45-23-15-37(3)16-24-45)46-25-17-38(4)18-26-46)30-28-48-49(33-51(53)55(47)56(48)52)39-7-5-9-41(57)31-39/h5-40H,1-4H3;5-34H,1-4H3. The van der Waals surface area contributed by atoms with Crippen LogP contribution in [0.25, 0.3) is 131 Å². The minimum atomic E-state index is -0.294. The fraction of sp³-hybridized carbons (Fsp3) is 0.0667. The largest absolute Gasteiger partial charge is 0.310 e. The summed E-state index contributed by atoms with van der Waals surface area (Å²) >= 11 is 0. The third-order valence-electron chi connectivity index (χ3n) is 25.4. The zero-order chi connectivity index (χ0) is 85.5. The van der Waals surface area contributed by atoms with E-state index in [4.69, 9.17) is 0 Å². The number of halogens is 2. The van der Waals surface area contributed by atoms with Gasteiger partial charge in [-0.25, -0.2) is 8.78 Å². The highest BCUT2D eigenvalue weighted by Gasteiger charge is 2.30. The second-order valence-electron chi connectivity index (χ2n) is 34.0. The highest BCUT2D eigenvalue weighted by Crippen LogP contribution is 2.56. The van der Waals surface area contributed by atoms with Gasteiger partial charge in [-0.3, -0.25) is 0 Å². The van der Waals surface area contributed by atoms with Crippen LogP contribution in [0.4, 0.5) is 77.0 Å². The topological polar surface area (TPSA) is 13.0 Å². The van der Waals surface area contributed by atoms with Crippen LogP contribution >= 0.6 is 0 Å². The Morgan fingerprint density at radius 2 is 0.397 bits per heavy atom. The average molecular weight is 1630 g/mol. The molecule has 0 radical (unpaired) electrons. The molecule has 0 saturated carbocycles. The lowest BCUT2D eigenvalue weighted by atomic mass is 9.84. The molecular weight excluding hydrogens is 1540 g/mol. The Bertz CT molecular complexity index is 7240. The Morgan fingerprint density at radius 3 is 0.690 bits per heavy atom. The van der Waals surface area contributed by atoms with Gasteiger partial charge in [-0.2, -0.15) is 0 Å². The molecule has 22 rings (SSSR count). The van der Waals surface area contributed by atoms with Crippen LogP contribution in [0.1, 0.15) is 44.5 Å². The van der Waals surface area contributed by atoms with Crippen molar-refractivity contribution in [2.75, 3.05) is 19.6 Å². The molecule has 0 bridgehead atoms. The molecule has 0 saturated heterocycles. The summed E-state index contributed by atoms with van der Waals surface area (Å²) in [6.45, 7) is 17.1. The predicted octanol–water partition coefficient (Wildman–Crippen LogP) is 34.8. The van der Waals surface area contributed by atoms with Gasteiger partial charge in [-0.15, -0.1) is 0 Å². The average Bonchev–Trinajstić information content (AvgIpc) is 0.705. The molecule has 0 amide bonds. The van der Waals surface area contributed by atoms with Gasteiger partial charge in [-0.05, 0) is 301 Å². The smallest absolute Gasteiger partial charge is 0.123 e. The lowest BCUT2D eigenvalue weighted by molar-refractivity contribution is 0.628. The van der Waals surface area contributed by atoms with E-state index in [1.807, 2.05) is 12.1 Å². The van der Waals surface area contributed by atoms with Crippen molar-refractivity contribution in [3.05, 3.63) is 457 Å². The highest BCUT2D eigenvalue weighted by atomic mass is 19.1. The molecule has 604 valence electrons. The van der Waals surface area contributed by atoms with Gasteiger partial charge < -0.3 is 19.6 Å². The molecule has 0 N–H and O–H groups in total. The van der Waals surface area contributed by atoms with Crippen LogP contribution in [0, 0.1) is 67.0 Å². The monoisotopic (exact) mass is 1620 g/mol. The molecule has 0 unspecified atom stereocenters. The van der Waals surface area contributed by atoms with Gasteiger partial charge in [0.2, 0.25) is 0 Å². The van der Waals surface area contributed by atoms with Gasteiger partial charge in [-0.1, -0.05) is 287 Å². The van der Waals surface area contributed by atoms with Crippen LogP contribution in [0.3, 0.4) is 0 Å². The lowest BCUT2D eigenvalue weighted by Gasteiger charge is -2.31. The summed E-state index contributed by atoms with van der Waals surface area (Å²) in [5.41, 5.74) is 30.7. The van der Waals surface area contributed by atoms with E-state index in [2.05, 4.69) is 427 Å². The number of anilines is 12. The van der Waals surface area contributed by atoms with E-state index in [0.717, 1.165) is 123 Å². The van der Waals surface area contributed by atoms with Gasteiger partial charge in [0.1, 0.15) is 11.6 Å². The van der Waals surface area contributed by atoms with Crippen molar-refractivity contribution in [3.8, 4) is 44.5 Å². The molecule has 0 spiro atoms. The number of hydrogen-bond donors (Lipinski definition) is 0. The van der Waals surface area contributed by atoms with Crippen LogP contribution in [0.5, 0.6) is 0 Å². The molecule has 0 aliphatic rings. The molecule has 0 heterocycles. The van der Waals surface area contributed by atoms with Crippen molar-refractivity contribution in [2.45, 2.75) is 55.4 Å². The van der Waals surface area contributed by atoms with Crippen LogP contribution in [0.15, 0.2) is 400 Å². The maximum absolute atomic E-state index is 15.3. The van der Waals surface area contributed by atoms with Crippen LogP contribution < -0.4 is 19.6 Å². The molecule has 6 heteroatoms. The third kappa shape index (κ3) is 14.1. The van der Waals surface area contributed by atoms with E-state index < -0.39 is 0 Å². The number of benzene rings is 22. The molecule has 0 aromatic heterocycles. The lowest BCUT2D eigenvalue weighted by Crippen LogP contribution is -2.12. The zero-order valence-corrected chi connectivity index (χ0v) is 71.6. The molecule has 22 aromatic carbocycles. The first-order valence-electron chi connectivity index (χ1n) is 43.4. The summed E-state index contributed by atoms with van der Waals surface area (Å²) in [6, 6.07) is 143. The zero-order valence-electron chi connectivity index (χ0n) is 71.6. The number of aryl methyl sites for hydroxylation is 8. The summed E-state index contributed by atoms with van der Waals surface area (Å²) in [7, 11) is 0. The Labute approximate surface area is 734 Å². The first kappa shape index (κ1) is 77.8. The Kier molecular flexibility index (Phi) is 19.8. The quantitative estimate of drug-likeness (QED) is 0.0894. The minimum absolute atomic E-state index is 0.294. The second kappa shape index (κ2) is 32.1. The molecule has 0 fully saturated rings. The fourth-order valence-electron chi connectivity index (χ4n) is 19.1. The first-order chi connectivity index (χ1) is 61.6. The van der Waals surface area contributed by atoms with Gasteiger partial charge >= 0.3 is 0 Å². The third-order valence-corrected chi connectivity index (χ3v) is 25.4. The summed E-state index contributed by atoms with van der Waals surface area (Å²) in [5.74, 6) is -0.587. The number of nitrogens with zero attached hydrogens (tertiary/aromatic N) is 4. The Balaban J connectivity index is 0.000000155. The molecular formula is C120H90F2N4. The normalized spacial score (nSPS) is 11.6. The minimum Gasteiger partial charge on any atom is -0.310 e. The SMILES string of the molecule is Cc1ccc(N(c2ccc(C)cc2)c2cc(-c3cccc4ccccc34)c3ccc4c(N(c5ccc(C)cc5)c5ccc(C)cc5)cc(-c5cccc6ccccc56)c5ccc2c3c54)cc1.Cc1ccc(N(c2ccc(C)cc2)c2ccc3c(-c4cccc(F)c4)cc4c(N(c5ccc(C)cc5)c5ccc(C)cc5)ccc5c(-c6cccc(F)c6)cc2c3c54)cc1. The Hall–Kier alpha value is -15.5. The number of hydrogen-bond acceptors (Lipinski definition) is 4. The number of rotatable bonds is 16. The molecule has 0 aliphatic carbocycles. The van der Waals surface area contributed by atoms with Crippen molar-refractivity contribution in [1.82, 2.24) is 0 Å². The van der Waals surface area contributed by atoms with Gasteiger partial charge in [0.25, 0.3) is 0 Å². The van der Waals surface area contributed by atoms with Crippen molar-refractivity contribution in [3.63, 3.8) is 0 Å². The van der Waals surface area contributed by atoms with Gasteiger partial charge in [0, 0.05) is 88.6 Å². The van der Waals surface area contributed by atoms with E-state index >= 15 is 8.78 Å². The summed E-state index contributed by atoms with van der Waals surface area (Å²) in [4.78, 5) is 9.56. The molecule has 126 heavy (non-hydrogen) atoms. The van der Waals surface area contributed by atoms with E-state index in [1.54, 1.807) is 24.3 Å². The van der Waals surface area contributed by atoms with Crippen LogP contribution in [-0.2, 0) is 0 Å². The number of fused-ring (bicyclic) bond motifs is 2. The van der Waals surface area contributed by atoms with E-state index in [0.29, 0.717) is 0 Å². The maximum Gasteiger partial charge on any atom is 0.123 e. The van der Waals surface area contributed by atoms with Crippen molar-refractivity contribution >= 4 is 154 Å². The van der Waals surface area contributed by atoms with E-state index in [9.17, 15) is 0 Å². The van der Waals surface area contributed by atoms with Crippen molar-refractivity contribution < 1.29 is 8.78 Å². The molecule has 4 nitrogen and oxygen atoms in total. The molecule has 0 atom stereocenters. The van der Waals surface area contributed by atoms with E-state index in [1.165, 1.54) is 133 Å². The molecule has 0 aliphatic heterocycles. The summed E-state index contributed by atoms with van der Waals surface area (Å²) in [6.07, 6.45) is 0. The van der Waals surface area contributed by atoms with Crippen LogP contribution in [-0.4, -0.2) is 0 Å². The van der Waals surface area contributed by atoms with Crippen LogP contribution in [0.2, 0.25) is 0 Å². The summed E-state index contributed by atoms with van der Waals surface area (Å²) < 4.78 is 30.5. The van der Waals surface area contributed by atoms with Gasteiger partial charge in [0.05, 0.1) is 22.7 Å². The fourth-order valence-corrected chi connectivity index (χ4v) is 19.1. The predicted molar refractivity (Wildman–Crippen MR) is 534 cm³/mol. The van der Waals surface area contributed by atoms with Crippen molar-refractivity contribution in [1.29, 1.82) is 0 Å². The second-order valence-corrected chi connectivity index (χ2v) is 34.0.